The second kappa shape index (κ2) is 7.70. The molecule has 0 bridgehead atoms. The summed E-state index contributed by atoms with van der Waals surface area (Å²) in [7, 11) is 0. The molecule has 0 radical (unpaired) electrons. The molecule has 1 fully saturated rings. The number of hydrogen-bond donors (Lipinski definition) is 1. The van der Waals surface area contributed by atoms with E-state index < -0.39 is 6.43 Å². The average molecular weight is 282 g/mol. The third-order valence-electron chi connectivity index (χ3n) is 4.04. The van der Waals surface area contributed by atoms with Gasteiger partial charge in [-0.1, -0.05) is 31.2 Å². The number of nitrogens with one attached hydrogen (secondary N) is 1. The van der Waals surface area contributed by atoms with E-state index >= 15 is 0 Å². The van der Waals surface area contributed by atoms with Gasteiger partial charge in [-0.3, -0.25) is 0 Å². The van der Waals surface area contributed by atoms with Crippen LogP contribution in [-0.4, -0.2) is 31.1 Å². The van der Waals surface area contributed by atoms with Crippen LogP contribution >= 0.6 is 0 Å². The fourth-order valence-corrected chi connectivity index (χ4v) is 2.54. The Bertz CT molecular complexity index is 384. The third-order valence-corrected chi connectivity index (χ3v) is 4.04. The topological polar surface area (TPSA) is 15.3 Å². The first kappa shape index (κ1) is 15.4. The molecule has 0 atom stereocenters. The molecule has 1 N–H and O–H groups in total. The van der Waals surface area contributed by atoms with E-state index in [1.807, 2.05) is 0 Å². The van der Waals surface area contributed by atoms with Crippen LogP contribution in [0.1, 0.15) is 37.3 Å². The molecule has 0 saturated carbocycles. The molecule has 2 rings (SSSR count). The lowest BCUT2D eigenvalue weighted by Gasteiger charge is -2.30. The lowest BCUT2D eigenvalue weighted by molar-refractivity contribution is 0.151. The van der Waals surface area contributed by atoms with Gasteiger partial charge in [0.15, 0.2) is 0 Å². The minimum atomic E-state index is -2.38. The number of alkyl halides is 2. The Morgan fingerprint density at radius 3 is 2.45 bits per heavy atom. The maximum absolute atomic E-state index is 12.4. The molecule has 0 amide bonds. The minimum Gasteiger partial charge on any atom is -0.311 e. The number of rotatable bonds is 6. The fraction of sp³-hybridized carbons (Fsp3) is 0.625. The zero-order valence-electron chi connectivity index (χ0n) is 12.1. The highest BCUT2D eigenvalue weighted by Crippen LogP contribution is 2.18. The van der Waals surface area contributed by atoms with Gasteiger partial charge in [0.2, 0.25) is 0 Å². The van der Waals surface area contributed by atoms with Crippen LogP contribution in [-0.2, 0) is 6.54 Å². The molecule has 1 saturated heterocycles. The molecule has 20 heavy (non-hydrogen) atoms. The highest BCUT2D eigenvalue weighted by atomic mass is 19.3. The summed E-state index contributed by atoms with van der Waals surface area (Å²) in [5.41, 5.74) is 1.15. The van der Waals surface area contributed by atoms with Crippen LogP contribution in [0.2, 0.25) is 0 Å². The summed E-state index contributed by atoms with van der Waals surface area (Å²) in [4.78, 5) is 2.49. The van der Waals surface area contributed by atoms with Gasteiger partial charge in [0.25, 0.3) is 6.43 Å². The number of halogens is 2. The first-order valence-corrected chi connectivity index (χ1v) is 7.45. The standard InChI is InChI=1S/C16H24F2N2/c1-13-6-9-20(10-7-13)11-8-19-12-14-2-4-15(5-3-14)16(17)18/h2-5,13,16,19H,6-12H2,1H3. The summed E-state index contributed by atoms with van der Waals surface area (Å²) in [6, 6.07) is 6.57. The third kappa shape index (κ3) is 4.84. The van der Waals surface area contributed by atoms with Gasteiger partial charge >= 0.3 is 0 Å². The van der Waals surface area contributed by atoms with Crippen molar-refractivity contribution in [3.8, 4) is 0 Å². The molecule has 1 aliphatic rings. The van der Waals surface area contributed by atoms with Gasteiger partial charge in [-0.05, 0) is 37.4 Å². The average Bonchev–Trinajstić information content (AvgIpc) is 2.46. The molecule has 1 aromatic rings. The summed E-state index contributed by atoms with van der Waals surface area (Å²) in [6.07, 6.45) is 0.225. The number of nitrogens with zero attached hydrogens (tertiary/aromatic N) is 1. The second-order valence-electron chi connectivity index (χ2n) is 5.74. The molecule has 112 valence electrons. The molecule has 4 heteroatoms. The van der Waals surface area contributed by atoms with Crippen molar-refractivity contribution in [1.29, 1.82) is 0 Å². The van der Waals surface area contributed by atoms with Crippen LogP contribution in [0.5, 0.6) is 0 Å². The quantitative estimate of drug-likeness (QED) is 0.804. The molecular formula is C16H24F2N2. The molecule has 1 heterocycles. The van der Waals surface area contributed by atoms with E-state index in [0.717, 1.165) is 31.1 Å². The van der Waals surface area contributed by atoms with Crippen molar-refractivity contribution in [3.05, 3.63) is 35.4 Å². The molecule has 2 nitrogen and oxygen atoms in total. The summed E-state index contributed by atoms with van der Waals surface area (Å²) in [6.45, 7) is 7.48. The van der Waals surface area contributed by atoms with Crippen LogP contribution < -0.4 is 5.32 Å². The van der Waals surface area contributed by atoms with E-state index in [4.69, 9.17) is 0 Å². The van der Waals surface area contributed by atoms with Gasteiger partial charge in [0.1, 0.15) is 0 Å². The predicted molar refractivity (Wildman–Crippen MR) is 77.9 cm³/mol. The normalized spacial score (nSPS) is 17.8. The van der Waals surface area contributed by atoms with E-state index in [-0.39, 0.29) is 5.56 Å². The van der Waals surface area contributed by atoms with Crippen LogP contribution in [0.15, 0.2) is 24.3 Å². The molecule has 0 unspecified atom stereocenters. The summed E-state index contributed by atoms with van der Waals surface area (Å²) in [5, 5.41) is 3.38. The van der Waals surface area contributed by atoms with E-state index in [2.05, 4.69) is 17.1 Å². The van der Waals surface area contributed by atoms with Crippen molar-refractivity contribution in [2.45, 2.75) is 32.7 Å². The maximum Gasteiger partial charge on any atom is 0.263 e. The Kier molecular flexibility index (Phi) is 5.92. The molecule has 0 aliphatic carbocycles. The van der Waals surface area contributed by atoms with Gasteiger partial charge in [-0.15, -0.1) is 0 Å². The first-order chi connectivity index (χ1) is 9.65. The number of benzene rings is 1. The lowest BCUT2D eigenvalue weighted by atomic mass is 9.99. The van der Waals surface area contributed by atoms with Crippen molar-refractivity contribution in [2.24, 2.45) is 5.92 Å². The second-order valence-corrected chi connectivity index (χ2v) is 5.74. The van der Waals surface area contributed by atoms with Gasteiger partial charge in [0, 0.05) is 25.2 Å². The Hall–Kier alpha value is -1.00. The van der Waals surface area contributed by atoms with Crippen LogP contribution in [0.3, 0.4) is 0 Å². The van der Waals surface area contributed by atoms with Crippen LogP contribution in [0, 0.1) is 5.92 Å². The number of likely N-dealkylation sites (tertiary alicyclic amines) is 1. The zero-order valence-corrected chi connectivity index (χ0v) is 12.1. The molecule has 1 aromatic carbocycles. The number of hydrogen-bond acceptors (Lipinski definition) is 2. The largest absolute Gasteiger partial charge is 0.311 e. The van der Waals surface area contributed by atoms with Gasteiger partial charge in [-0.25, -0.2) is 8.78 Å². The Morgan fingerprint density at radius 2 is 1.85 bits per heavy atom. The number of piperidine rings is 1. The molecule has 1 aliphatic heterocycles. The van der Waals surface area contributed by atoms with E-state index in [1.54, 1.807) is 12.1 Å². The molecular weight excluding hydrogens is 258 g/mol. The zero-order chi connectivity index (χ0) is 14.4. The first-order valence-electron chi connectivity index (χ1n) is 7.45. The fourth-order valence-electron chi connectivity index (χ4n) is 2.54. The van der Waals surface area contributed by atoms with Gasteiger partial charge in [0.05, 0.1) is 0 Å². The monoisotopic (exact) mass is 282 g/mol. The summed E-state index contributed by atoms with van der Waals surface area (Å²) < 4.78 is 24.8. The van der Waals surface area contributed by atoms with Crippen LogP contribution in [0.25, 0.3) is 0 Å². The Labute approximate surface area is 120 Å². The Morgan fingerprint density at radius 1 is 1.20 bits per heavy atom. The van der Waals surface area contributed by atoms with E-state index in [9.17, 15) is 8.78 Å². The van der Waals surface area contributed by atoms with Gasteiger partial charge < -0.3 is 10.2 Å². The predicted octanol–water partition coefficient (Wildman–Crippen LogP) is 3.45. The van der Waals surface area contributed by atoms with E-state index in [1.165, 1.54) is 38.1 Å². The van der Waals surface area contributed by atoms with Crippen molar-refractivity contribution >= 4 is 0 Å². The lowest BCUT2D eigenvalue weighted by Crippen LogP contribution is -2.37. The highest BCUT2D eigenvalue weighted by Gasteiger charge is 2.14. The molecule has 0 spiro atoms. The maximum atomic E-state index is 12.4. The van der Waals surface area contributed by atoms with Crippen molar-refractivity contribution in [2.75, 3.05) is 26.2 Å². The van der Waals surface area contributed by atoms with Crippen LogP contribution in [0.4, 0.5) is 8.78 Å². The minimum absolute atomic E-state index is 0.0937. The molecule has 0 aromatic heterocycles. The summed E-state index contributed by atoms with van der Waals surface area (Å²) >= 11 is 0. The summed E-state index contributed by atoms with van der Waals surface area (Å²) in [5.74, 6) is 0.868. The van der Waals surface area contributed by atoms with Crippen molar-refractivity contribution in [3.63, 3.8) is 0 Å². The smallest absolute Gasteiger partial charge is 0.263 e. The highest BCUT2D eigenvalue weighted by molar-refractivity contribution is 5.23. The van der Waals surface area contributed by atoms with Crippen molar-refractivity contribution in [1.82, 2.24) is 10.2 Å². The SMILES string of the molecule is CC1CCN(CCNCc2ccc(C(F)F)cc2)CC1. The van der Waals surface area contributed by atoms with Gasteiger partial charge in [-0.2, -0.15) is 0 Å². The van der Waals surface area contributed by atoms with E-state index in [0.29, 0.717) is 0 Å². The Balaban J connectivity index is 1.63. The van der Waals surface area contributed by atoms with Crippen molar-refractivity contribution < 1.29 is 8.78 Å².